The van der Waals surface area contributed by atoms with Gasteiger partial charge in [0.2, 0.25) is 11.8 Å². The Morgan fingerprint density at radius 1 is 1.30 bits per heavy atom. The van der Waals surface area contributed by atoms with Gasteiger partial charge in [-0.3, -0.25) is 19.7 Å². The summed E-state index contributed by atoms with van der Waals surface area (Å²) in [7, 11) is 1.35. The number of hydrogen-bond acceptors (Lipinski definition) is 5. The molecule has 0 aromatic heterocycles. The number of amides is 3. The van der Waals surface area contributed by atoms with Crippen LogP contribution in [0.4, 0.5) is 14.5 Å². The van der Waals surface area contributed by atoms with Gasteiger partial charge in [-0.1, -0.05) is 12.1 Å². The normalized spacial score (nSPS) is 21.2. The van der Waals surface area contributed by atoms with E-state index in [0.717, 1.165) is 11.0 Å². The van der Waals surface area contributed by atoms with Crippen molar-refractivity contribution in [3.63, 3.8) is 0 Å². The number of halogens is 2. The summed E-state index contributed by atoms with van der Waals surface area (Å²) in [4.78, 5) is 37.7. The smallest absolute Gasteiger partial charge is 0.255 e. The molecular weight excluding hydrogens is 396 g/mol. The van der Waals surface area contributed by atoms with Gasteiger partial charge in [0.15, 0.2) is 11.6 Å². The lowest BCUT2D eigenvalue weighted by Gasteiger charge is -2.29. The lowest BCUT2D eigenvalue weighted by Crippen LogP contribution is -2.52. The van der Waals surface area contributed by atoms with Crippen LogP contribution in [0.2, 0.25) is 0 Å². The number of piperidine rings is 1. The van der Waals surface area contributed by atoms with E-state index in [1.807, 2.05) is 0 Å². The van der Waals surface area contributed by atoms with Crippen molar-refractivity contribution in [1.82, 2.24) is 10.2 Å². The van der Waals surface area contributed by atoms with Crippen molar-refractivity contribution in [1.29, 1.82) is 0 Å². The number of carbonyl (C=O) groups is 3. The molecule has 9 heteroatoms. The third-order valence-electron chi connectivity index (χ3n) is 5.17. The first-order chi connectivity index (χ1) is 14.7. The van der Waals surface area contributed by atoms with Crippen LogP contribution in [-0.4, -0.2) is 35.7 Å². The Balaban J connectivity index is 1.62. The van der Waals surface area contributed by atoms with Gasteiger partial charge in [-0.2, -0.15) is 0 Å². The molecule has 0 spiro atoms. The molecule has 0 radical (unpaired) electrons. The van der Waals surface area contributed by atoms with Crippen molar-refractivity contribution < 1.29 is 29.3 Å². The molecule has 2 aromatic rings. The summed E-state index contributed by atoms with van der Waals surface area (Å²) >= 11 is 0. The van der Waals surface area contributed by atoms with Crippen molar-refractivity contribution >= 4 is 23.4 Å². The maximum absolute atomic E-state index is 14.4. The summed E-state index contributed by atoms with van der Waals surface area (Å²) in [6.07, 6.45) is -0.235. The molecule has 2 aromatic carbocycles. The van der Waals surface area contributed by atoms with Crippen LogP contribution in [0.3, 0.4) is 0 Å². The van der Waals surface area contributed by atoms with E-state index in [1.54, 1.807) is 12.1 Å². The predicted octanol–water partition coefficient (Wildman–Crippen LogP) is 2.35. The number of imide groups is 1. The van der Waals surface area contributed by atoms with Gasteiger partial charge < -0.3 is 15.0 Å². The zero-order valence-electron chi connectivity index (χ0n) is 17.1. The second-order valence-corrected chi connectivity index (χ2v) is 6.98. The maximum atomic E-state index is 14.4. The highest BCUT2D eigenvalue weighted by Gasteiger charge is 2.40. The van der Waals surface area contributed by atoms with Gasteiger partial charge in [0.25, 0.3) is 5.91 Å². The Hall–Kier alpha value is -3.49. The fourth-order valence-electron chi connectivity index (χ4n) is 3.65. The van der Waals surface area contributed by atoms with Gasteiger partial charge >= 0.3 is 0 Å². The molecule has 0 aliphatic carbocycles. The lowest BCUT2D eigenvalue weighted by molar-refractivity contribution is -0.136. The third-order valence-corrected chi connectivity index (χ3v) is 5.17. The molecule has 2 heterocycles. The average molecular weight is 416 g/mol. The highest BCUT2D eigenvalue weighted by Crippen LogP contribution is 2.34. The van der Waals surface area contributed by atoms with E-state index in [2.05, 4.69) is 10.6 Å². The van der Waals surface area contributed by atoms with E-state index in [0.29, 0.717) is 5.56 Å². The van der Waals surface area contributed by atoms with Crippen LogP contribution in [0, 0.1) is 11.6 Å². The number of fused-ring (bicyclic) bond motifs is 1. The number of rotatable bonds is 5. The summed E-state index contributed by atoms with van der Waals surface area (Å²) in [6, 6.07) is 4.88. The summed E-state index contributed by atoms with van der Waals surface area (Å²) in [5, 5.41) is 5.02. The monoisotopic (exact) mass is 416 g/mol. The van der Waals surface area contributed by atoms with Crippen molar-refractivity contribution in [3.05, 3.63) is 58.7 Å². The average Bonchev–Trinajstić information content (AvgIpc) is 3.07. The maximum Gasteiger partial charge on any atom is 0.255 e. The van der Waals surface area contributed by atoms with Crippen LogP contribution in [0.15, 0.2) is 30.3 Å². The zero-order valence-corrected chi connectivity index (χ0v) is 16.1. The van der Waals surface area contributed by atoms with E-state index >= 15 is 0 Å². The van der Waals surface area contributed by atoms with Crippen molar-refractivity contribution in [3.8, 4) is 5.75 Å². The standard InChI is InChI=1S/C21H19F2N3O4/c1-30-17-4-2-3-11(19(17)23)9-24-15-8-12(22)7-13-14(15)10-26(21(13)29)16-5-6-18(27)25-20(16)28/h2-4,7-8,16,24H,5-6,9-10H2,1H3,(H,25,27,28)/i16D. The molecule has 1 atom stereocenters. The van der Waals surface area contributed by atoms with E-state index in [1.165, 1.54) is 19.2 Å². The second-order valence-electron chi connectivity index (χ2n) is 6.98. The van der Waals surface area contributed by atoms with Crippen LogP contribution >= 0.6 is 0 Å². The van der Waals surface area contributed by atoms with E-state index in [4.69, 9.17) is 6.11 Å². The first-order valence-corrected chi connectivity index (χ1v) is 9.28. The molecule has 4 rings (SSSR count). The van der Waals surface area contributed by atoms with Crippen LogP contribution in [-0.2, 0) is 22.7 Å². The molecule has 1 unspecified atom stereocenters. The van der Waals surface area contributed by atoms with Crippen LogP contribution < -0.4 is 15.4 Å². The molecule has 156 valence electrons. The van der Waals surface area contributed by atoms with Crippen molar-refractivity contribution in [2.45, 2.75) is 31.9 Å². The second kappa shape index (κ2) is 7.74. The summed E-state index contributed by atoms with van der Waals surface area (Å²) < 4.78 is 42.1. The minimum atomic E-state index is -1.98. The van der Waals surface area contributed by atoms with Crippen LogP contribution in [0.1, 0.15) is 35.7 Å². The first-order valence-electron chi connectivity index (χ1n) is 9.78. The fourth-order valence-corrected chi connectivity index (χ4v) is 3.65. The quantitative estimate of drug-likeness (QED) is 0.731. The predicted molar refractivity (Wildman–Crippen MR) is 103 cm³/mol. The van der Waals surface area contributed by atoms with E-state index in [-0.39, 0.29) is 48.5 Å². The van der Waals surface area contributed by atoms with Gasteiger partial charge in [-0.25, -0.2) is 8.78 Å². The Labute approximate surface area is 172 Å². The molecule has 3 amide bonds. The molecule has 2 aliphatic heterocycles. The Kier molecular flexibility index (Phi) is 4.78. The molecule has 2 aliphatic rings. The number of nitrogens with zero attached hydrogens (tertiary/aromatic N) is 1. The molecule has 1 saturated heterocycles. The zero-order chi connectivity index (χ0) is 22.3. The van der Waals surface area contributed by atoms with Gasteiger partial charge in [0, 0.05) is 41.9 Å². The van der Waals surface area contributed by atoms with Gasteiger partial charge in [-0.15, -0.1) is 0 Å². The lowest BCUT2D eigenvalue weighted by atomic mass is 10.0. The van der Waals surface area contributed by atoms with Crippen molar-refractivity contribution in [2.24, 2.45) is 0 Å². The summed E-state index contributed by atoms with van der Waals surface area (Å²) in [5.74, 6) is -3.25. The van der Waals surface area contributed by atoms with Gasteiger partial charge in [-0.05, 0) is 24.6 Å². The molecule has 7 nitrogen and oxygen atoms in total. The number of benzene rings is 2. The topological polar surface area (TPSA) is 87.7 Å². The highest BCUT2D eigenvalue weighted by atomic mass is 19.1. The molecule has 0 bridgehead atoms. The first kappa shape index (κ1) is 18.5. The van der Waals surface area contributed by atoms with Crippen LogP contribution in [0.25, 0.3) is 0 Å². The van der Waals surface area contributed by atoms with E-state index in [9.17, 15) is 23.2 Å². The van der Waals surface area contributed by atoms with Gasteiger partial charge in [0.1, 0.15) is 11.8 Å². The van der Waals surface area contributed by atoms with Gasteiger partial charge in [0.05, 0.1) is 8.48 Å². The molecular formula is C21H19F2N3O4. The SMILES string of the molecule is [2H]C1(N2Cc3c(NCc4cccc(OC)c4F)cc(F)cc3C2=O)CCC(=O)NC1=O. The third kappa shape index (κ3) is 3.47. The number of carbonyl (C=O) groups excluding carboxylic acids is 3. The molecule has 2 N–H and O–H groups in total. The van der Waals surface area contributed by atoms with E-state index < -0.39 is 35.4 Å². The Morgan fingerprint density at radius 2 is 2.10 bits per heavy atom. The summed E-state index contributed by atoms with van der Waals surface area (Å²) in [6.45, 7) is -0.128. The Bertz CT molecular complexity index is 1110. The number of nitrogens with one attached hydrogen (secondary N) is 2. The highest BCUT2D eigenvalue weighted by molar-refractivity contribution is 6.06. The number of methoxy groups -OCH3 is 1. The fraction of sp³-hybridized carbons (Fsp3) is 0.286. The minimum absolute atomic E-state index is 0.00583. The molecule has 30 heavy (non-hydrogen) atoms. The summed E-state index contributed by atoms with van der Waals surface area (Å²) in [5.41, 5.74) is 0.945. The van der Waals surface area contributed by atoms with Crippen molar-refractivity contribution in [2.75, 3.05) is 12.4 Å². The molecule has 1 fully saturated rings. The number of anilines is 1. The Morgan fingerprint density at radius 3 is 2.83 bits per heavy atom. The number of ether oxygens (including phenoxy) is 1. The van der Waals surface area contributed by atoms with Crippen LogP contribution in [0.5, 0.6) is 5.75 Å². The minimum Gasteiger partial charge on any atom is -0.494 e. The number of hydrogen-bond donors (Lipinski definition) is 2. The molecule has 0 saturated carbocycles. The largest absolute Gasteiger partial charge is 0.494 e.